The van der Waals surface area contributed by atoms with E-state index in [1.807, 2.05) is 0 Å². The molecule has 0 fully saturated rings. The summed E-state index contributed by atoms with van der Waals surface area (Å²) in [4.78, 5) is 10.1. The monoisotopic (exact) mass is 166 g/mol. The van der Waals surface area contributed by atoms with Gasteiger partial charge in [-0.25, -0.2) is 0 Å². The standard InChI is InChI=1S/C6H8Cl2O/c7-5-3-1-2-4-6(8)9/h2,4H,1,3,5H2/b4-2+. The number of hydrogen-bond donors (Lipinski definition) is 0. The summed E-state index contributed by atoms with van der Waals surface area (Å²) in [6.45, 7) is 0. The van der Waals surface area contributed by atoms with Gasteiger partial charge in [-0.3, -0.25) is 4.79 Å². The third kappa shape index (κ3) is 7.99. The predicted octanol–water partition coefficient (Wildman–Crippen LogP) is 2.33. The van der Waals surface area contributed by atoms with Crippen LogP contribution in [0.3, 0.4) is 0 Å². The number of carbonyl (C=O) groups is 1. The first-order valence-corrected chi connectivity index (χ1v) is 3.60. The molecule has 0 aromatic carbocycles. The van der Waals surface area contributed by atoms with Gasteiger partial charge in [0.2, 0.25) is 5.24 Å². The topological polar surface area (TPSA) is 17.1 Å². The summed E-state index contributed by atoms with van der Waals surface area (Å²) in [5.74, 6) is 0.626. The smallest absolute Gasteiger partial charge is 0.244 e. The number of allylic oxidation sites excluding steroid dienone is 2. The zero-order valence-electron chi connectivity index (χ0n) is 4.94. The molecule has 0 rings (SSSR count). The van der Waals surface area contributed by atoms with E-state index in [1.54, 1.807) is 6.08 Å². The molecule has 0 unspecified atom stereocenters. The zero-order chi connectivity index (χ0) is 7.11. The molecule has 0 radical (unpaired) electrons. The van der Waals surface area contributed by atoms with Crippen LogP contribution in [0, 0.1) is 0 Å². The molecule has 0 saturated carbocycles. The largest absolute Gasteiger partial charge is 0.276 e. The molecule has 0 aromatic heterocycles. The molecule has 0 spiro atoms. The lowest BCUT2D eigenvalue weighted by atomic mass is 10.3. The van der Waals surface area contributed by atoms with Crippen molar-refractivity contribution in [2.24, 2.45) is 0 Å². The first-order chi connectivity index (χ1) is 4.27. The van der Waals surface area contributed by atoms with Crippen LogP contribution in [-0.4, -0.2) is 11.1 Å². The Bertz CT molecular complexity index is 110. The van der Waals surface area contributed by atoms with Crippen LogP contribution in [0.25, 0.3) is 0 Å². The molecule has 1 nitrogen and oxygen atoms in total. The van der Waals surface area contributed by atoms with E-state index in [9.17, 15) is 4.79 Å². The Hall–Kier alpha value is -0.0100. The van der Waals surface area contributed by atoms with Crippen molar-refractivity contribution < 1.29 is 4.79 Å². The Morgan fingerprint density at radius 3 is 2.67 bits per heavy atom. The molecule has 0 aromatic rings. The normalized spacial score (nSPS) is 10.4. The second kappa shape index (κ2) is 6.12. The predicted molar refractivity (Wildman–Crippen MR) is 40.0 cm³/mol. The third-order valence-electron chi connectivity index (χ3n) is 0.753. The van der Waals surface area contributed by atoms with E-state index >= 15 is 0 Å². The van der Waals surface area contributed by atoms with E-state index in [-0.39, 0.29) is 0 Å². The van der Waals surface area contributed by atoms with Gasteiger partial charge in [-0.15, -0.1) is 11.6 Å². The molecule has 0 amide bonds. The highest BCUT2D eigenvalue weighted by atomic mass is 35.5. The molecule has 0 bridgehead atoms. The van der Waals surface area contributed by atoms with Crippen LogP contribution in [0.2, 0.25) is 0 Å². The summed E-state index contributed by atoms with van der Waals surface area (Å²) >= 11 is 10.4. The first-order valence-electron chi connectivity index (χ1n) is 2.69. The number of hydrogen-bond acceptors (Lipinski definition) is 1. The second-order valence-electron chi connectivity index (χ2n) is 1.54. The van der Waals surface area contributed by atoms with Crippen LogP contribution in [0.1, 0.15) is 12.8 Å². The quantitative estimate of drug-likeness (QED) is 0.272. The molecule has 3 heteroatoms. The fourth-order valence-corrected chi connectivity index (χ4v) is 0.614. The Balaban J connectivity index is 3.15. The van der Waals surface area contributed by atoms with Gasteiger partial charge in [0.05, 0.1) is 0 Å². The minimum atomic E-state index is -0.426. The van der Waals surface area contributed by atoms with E-state index in [2.05, 4.69) is 0 Å². The number of alkyl halides is 1. The highest BCUT2D eigenvalue weighted by Gasteiger charge is 1.83. The van der Waals surface area contributed by atoms with Gasteiger partial charge in [-0.2, -0.15) is 0 Å². The minimum Gasteiger partial charge on any atom is -0.276 e. The number of carbonyl (C=O) groups excluding carboxylic acids is 1. The van der Waals surface area contributed by atoms with Gasteiger partial charge in [0, 0.05) is 5.88 Å². The van der Waals surface area contributed by atoms with E-state index in [0.717, 1.165) is 12.8 Å². The van der Waals surface area contributed by atoms with Gasteiger partial charge in [-0.05, 0) is 30.5 Å². The maximum Gasteiger partial charge on any atom is 0.244 e. The number of unbranched alkanes of at least 4 members (excludes halogenated alkanes) is 1. The molecule has 0 aliphatic carbocycles. The van der Waals surface area contributed by atoms with Crippen molar-refractivity contribution in [3.63, 3.8) is 0 Å². The third-order valence-corrected chi connectivity index (χ3v) is 1.15. The van der Waals surface area contributed by atoms with Crippen molar-refractivity contribution in [3.05, 3.63) is 12.2 Å². The van der Waals surface area contributed by atoms with Crippen LogP contribution in [0.15, 0.2) is 12.2 Å². The maximum absolute atomic E-state index is 10.1. The van der Waals surface area contributed by atoms with E-state index in [0.29, 0.717) is 5.88 Å². The maximum atomic E-state index is 10.1. The fourth-order valence-electron chi connectivity index (χ4n) is 0.371. The van der Waals surface area contributed by atoms with Crippen LogP contribution < -0.4 is 0 Å². The average molecular weight is 167 g/mol. The summed E-state index contributed by atoms with van der Waals surface area (Å²) in [5.41, 5.74) is 0. The van der Waals surface area contributed by atoms with Crippen LogP contribution in [0.5, 0.6) is 0 Å². The van der Waals surface area contributed by atoms with E-state index in [4.69, 9.17) is 23.2 Å². The molecule has 0 aliphatic heterocycles. The highest BCUT2D eigenvalue weighted by Crippen LogP contribution is 1.93. The molecule has 52 valence electrons. The molecule has 0 aliphatic rings. The van der Waals surface area contributed by atoms with Gasteiger partial charge < -0.3 is 0 Å². The lowest BCUT2D eigenvalue weighted by Gasteiger charge is -1.83. The van der Waals surface area contributed by atoms with Gasteiger partial charge in [-0.1, -0.05) is 6.08 Å². The van der Waals surface area contributed by atoms with Gasteiger partial charge in [0.15, 0.2) is 0 Å². The summed E-state index contributed by atoms with van der Waals surface area (Å²) in [6.07, 6.45) is 4.77. The van der Waals surface area contributed by atoms with Crippen molar-refractivity contribution in [1.29, 1.82) is 0 Å². The number of rotatable bonds is 4. The summed E-state index contributed by atoms with van der Waals surface area (Å²) < 4.78 is 0. The second-order valence-corrected chi connectivity index (χ2v) is 2.29. The molecule has 9 heavy (non-hydrogen) atoms. The van der Waals surface area contributed by atoms with Crippen molar-refractivity contribution >= 4 is 28.4 Å². The van der Waals surface area contributed by atoms with Crippen molar-refractivity contribution in [3.8, 4) is 0 Å². The van der Waals surface area contributed by atoms with Crippen molar-refractivity contribution in [2.75, 3.05) is 5.88 Å². The molecule has 0 saturated heterocycles. The van der Waals surface area contributed by atoms with Gasteiger partial charge >= 0.3 is 0 Å². The van der Waals surface area contributed by atoms with E-state index < -0.39 is 5.24 Å². The summed E-state index contributed by atoms with van der Waals surface area (Å²) in [5, 5.41) is -0.426. The average Bonchev–Trinajstić information content (AvgIpc) is 1.80. The lowest BCUT2D eigenvalue weighted by molar-refractivity contribution is -0.107. The number of halogens is 2. The Kier molecular flexibility index (Phi) is 6.11. The van der Waals surface area contributed by atoms with Gasteiger partial charge in [0.25, 0.3) is 0 Å². The highest BCUT2D eigenvalue weighted by molar-refractivity contribution is 6.66. The summed E-state index contributed by atoms with van der Waals surface area (Å²) in [7, 11) is 0. The lowest BCUT2D eigenvalue weighted by Crippen LogP contribution is -1.76. The SMILES string of the molecule is O=C(Cl)/C=C/CCCCl. The zero-order valence-corrected chi connectivity index (χ0v) is 6.45. The Labute approximate surface area is 64.6 Å². The van der Waals surface area contributed by atoms with Crippen LogP contribution in [-0.2, 0) is 4.79 Å². The first kappa shape index (κ1) is 8.99. The Morgan fingerprint density at radius 1 is 1.56 bits per heavy atom. The van der Waals surface area contributed by atoms with Crippen LogP contribution in [0.4, 0.5) is 0 Å². The molecular formula is C6H8Cl2O. The fraction of sp³-hybridized carbons (Fsp3) is 0.500. The van der Waals surface area contributed by atoms with Crippen LogP contribution >= 0.6 is 23.2 Å². The Morgan fingerprint density at radius 2 is 2.22 bits per heavy atom. The molecule has 0 heterocycles. The minimum absolute atomic E-state index is 0.426. The van der Waals surface area contributed by atoms with E-state index in [1.165, 1.54) is 6.08 Å². The van der Waals surface area contributed by atoms with Crippen molar-refractivity contribution in [2.45, 2.75) is 12.8 Å². The molecular weight excluding hydrogens is 159 g/mol. The molecule has 0 N–H and O–H groups in total. The van der Waals surface area contributed by atoms with Gasteiger partial charge in [0.1, 0.15) is 0 Å². The summed E-state index contributed by atoms with van der Waals surface area (Å²) in [6, 6.07) is 0. The molecule has 0 atom stereocenters. The van der Waals surface area contributed by atoms with Crippen molar-refractivity contribution in [1.82, 2.24) is 0 Å².